The molecule has 2 saturated heterocycles. The molecular formula is C25H26Cl2N4O2. The minimum Gasteiger partial charge on any atom is -0.447 e. The predicted octanol–water partition coefficient (Wildman–Crippen LogP) is 6.84. The number of nitrogens with one attached hydrogen (secondary N) is 1. The van der Waals surface area contributed by atoms with Crippen LogP contribution < -0.4 is 0 Å². The topological polar surface area (TPSA) is 114 Å². The second-order valence-electron chi connectivity index (χ2n) is 9.26. The van der Waals surface area contributed by atoms with E-state index in [1.165, 1.54) is 12.8 Å². The van der Waals surface area contributed by atoms with Gasteiger partial charge in [-0.1, -0.05) is 80.3 Å². The van der Waals surface area contributed by atoms with Crippen LogP contribution in [0.25, 0.3) is 0 Å². The third-order valence-corrected chi connectivity index (χ3v) is 8.41. The fourth-order valence-electron chi connectivity index (χ4n) is 5.92. The van der Waals surface area contributed by atoms with Crippen molar-refractivity contribution in [3.63, 3.8) is 0 Å². The minimum absolute atomic E-state index is 0.168. The molecule has 2 aliphatic heterocycles. The van der Waals surface area contributed by atoms with Crippen molar-refractivity contribution in [3.05, 3.63) is 33.8 Å². The molecule has 4 atom stereocenters. The maximum Gasteiger partial charge on any atom is 0.217 e. The number of nitrogens with zero attached hydrogens (tertiary/aromatic N) is 3. The number of halogens is 2. The fourth-order valence-corrected chi connectivity index (χ4v) is 6.33. The van der Waals surface area contributed by atoms with E-state index < -0.39 is 28.6 Å². The molecule has 0 radical (unpaired) electrons. The zero-order valence-electron chi connectivity index (χ0n) is 18.4. The van der Waals surface area contributed by atoms with Crippen LogP contribution >= 0.6 is 23.2 Å². The van der Waals surface area contributed by atoms with Crippen molar-refractivity contribution in [3.8, 4) is 18.2 Å². The van der Waals surface area contributed by atoms with Gasteiger partial charge in [0.25, 0.3) is 0 Å². The Morgan fingerprint density at radius 2 is 1.55 bits per heavy atom. The van der Waals surface area contributed by atoms with Crippen LogP contribution in [0.4, 0.5) is 0 Å². The summed E-state index contributed by atoms with van der Waals surface area (Å²) in [6.45, 7) is 0. The second kappa shape index (κ2) is 9.15. The Morgan fingerprint density at radius 1 is 0.909 bits per heavy atom. The first-order valence-electron chi connectivity index (χ1n) is 11.6. The van der Waals surface area contributed by atoms with E-state index in [1.807, 2.05) is 0 Å². The number of hydrogen-bond acceptors (Lipinski definition) is 6. The molecule has 2 bridgehead atoms. The van der Waals surface area contributed by atoms with Crippen molar-refractivity contribution in [2.45, 2.75) is 76.1 Å². The van der Waals surface area contributed by atoms with Crippen molar-refractivity contribution in [2.24, 2.45) is 16.7 Å². The fraction of sp³-hybridized carbons (Fsp3) is 0.600. The number of ether oxygens (including phenoxy) is 2. The summed E-state index contributed by atoms with van der Waals surface area (Å²) >= 11 is 12.8. The number of nitriles is 3. The van der Waals surface area contributed by atoms with Crippen LogP contribution in [0.3, 0.4) is 0 Å². The lowest BCUT2D eigenvalue weighted by molar-refractivity contribution is -0.287. The van der Waals surface area contributed by atoms with Crippen molar-refractivity contribution in [1.29, 1.82) is 21.2 Å². The van der Waals surface area contributed by atoms with Gasteiger partial charge in [0.2, 0.25) is 17.1 Å². The zero-order valence-corrected chi connectivity index (χ0v) is 19.9. The first-order valence-corrected chi connectivity index (χ1v) is 12.3. The van der Waals surface area contributed by atoms with E-state index in [-0.39, 0.29) is 15.9 Å². The Morgan fingerprint density at radius 3 is 2.18 bits per heavy atom. The Labute approximate surface area is 204 Å². The van der Waals surface area contributed by atoms with Gasteiger partial charge >= 0.3 is 0 Å². The molecule has 1 aromatic rings. The van der Waals surface area contributed by atoms with Gasteiger partial charge in [0, 0.05) is 12.0 Å². The van der Waals surface area contributed by atoms with E-state index in [4.69, 9.17) is 38.1 Å². The smallest absolute Gasteiger partial charge is 0.217 e. The highest BCUT2D eigenvalue weighted by Crippen LogP contribution is 2.69. The number of hydrogen-bond donors (Lipinski definition) is 1. The molecule has 0 spiro atoms. The summed E-state index contributed by atoms with van der Waals surface area (Å²) in [7, 11) is 0. The molecule has 3 aliphatic rings. The van der Waals surface area contributed by atoms with E-state index in [0.717, 1.165) is 38.5 Å². The van der Waals surface area contributed by atoms with Gasteiger partial charge in [-0.25, -0.2) is 0 Å². The molecule has 1 N–H and O–H groups in total. The van der Waals surface area contributed by atoms with Crippen LogP contribution in [-0.4, -0.2) is 11.7 Å². The van der Waals surface area contributed by atoms with Gasteiger partial charge < -0.3 is 9.47 Å². The summed E-state index contributed by atoms with van der Waals surface area (Å²) in [5, 5.41) is 40.6. The standard InChI is InChI=1S/C25H26Cl2N4O2/c26-18-11-9-10-17(20(18)27)21-23(14-28,15-29)24(16-30)19-12-7-5-3-1-2-4-6-8-13-25(19,32-21)33-22(24)31/h9-11,19,21,31H,1-8,12-13H2. The van der Waals surface area contributed by atoms with Crippen molar-refractivity contribution in [2.75, 3.05) is 0 Å². The summed E-state index contributed by atoms with van der Waals surface area (Å²) in [6.07, 6.45) is 7.97. The molecule has 1 aliphatic carbocycles. The lowest BCUT2D eigenvalue weighted by atomic mass is 9.52. The Kier molecular flexibility index (Phi) is 6.61. The average Bonchev–Trinajstić information content (AvgIpc) is 2.99. The summed E-state index contributed by atoms with van der Waals surface area (Å²) in [6, 6.07) is 11.4. The van der Waals surface area contributed by atoms with Gasteiger partial charge in [0.1, 0.15) is 6.10 Å². The third-order valence-electron chi connectivity index (χ3n) is 7.58. The van der Waals surface area contributed by atoms with Gasteiger partial charge in [0.05, 0.1) is 34.2 Å². The Balaban J connectivity index is 1.92. The highest BCUT2D eigenvalue weighted by molar-refractivity contribution is 6.42. The average molecular weight is 485 g/mol. The molecule has 8 heteroatoms. The monoisotopic (exact) mass is 484 g/mol. The highest BCUT2D eigenvalue weighted by atomic mass is 35.5. The largest absolute Gasteiger partial charge is 0.447 e. The maximum absolute atomic E-state index is 10.6. The van der Waals surface area contributed by atoms with Crippen LogP contribution in [0.5, 0.6) is 0 Å². The minimum atomic E-state index is -2.02. The quantitative estimate of drug-likeness (QED) is 0.468. The van der Waals surface area contributed by atoms with Gasteiger partial charge in [-0.15, -0.1) is 0 Å². The molecule has 1 aromatic carbocycles. The van der Waals surface area contributed by atoms with Crippen LogP contribution in [0.15, 0.2) is 18.2 Å². The summed E-state index contributed by atoms with van der Waals surface area (Å²) in [4.78, 5) is 0. The lowest BCUT2D eigenvalue weighted by Crippen LogP contribution is -2.59. The molecule has 172 valence electrons. The number of benzene rings is 1. The molecule has 2 heterocycles. The maximum atomic E-state index is 10.6. The second-order valence-corrected chi connectivity index (χ2v) is 10.0. The molecule has 0 aromatic heterocycles. The van der Waals surface area contributed by atoms with Gasteiger partial charge in [-0.3, -0.25) is 5.41 Å². The first-order chi connectivity index (χ1) is 15.9. The van der Waals surface area contributed by atoms with E-state index >= 15 is 0 Å². The molecule has 3 fully saturated rings. The van der Waals surface area contributed by atoms with Crippen LogP contribution in [-0.2, 0) is 9.47 Å². The zero-order chi connectivity index (χ0) is 23.7. The number of rotatable bonds is 1. The summed E-state index contributed by atoms with van der Waals surface area (Å²) < 4.78 is 12.7. The normalized spacial score (nSPS) is 33.7. The first kappa shape index (κ1) is 23.8. The molecule has 33 heavy (non-hydrogen) atoms. The Bertz CT molecular complexity index is 1060. The molecule has 4 rings (SSSR count). The van der Waals surface area contributed by atoms with E-state index in [9.17, 15) is 15.8 Å². The van der Waals surface area contributed by atoms with E-state index in [1.54, 1.807) is 18.2 Å². The summed E-state index contributed by atoms with van der Waals surface area (Å²) in [5.74, 6) is -2.22. The van der Waals surface area contributed by atoms with Crippen LogP contribution in [0, 0.1) is 56.2 Å². The molecule has 4 unspecified atom stereocenters. The summed E-state index contributed by atoms with van der Waals surface area (Å²) in [5.41, 5.74) is -3.43. The van der Waals surface area contributed by atoms with Gasteiger partial charge in [-0.05, 0) is 18.9 Å². The lowest BCUT2D eigenvalue weighted by Gasteiger charge is -2.50. The van der Waals surface area contributed by atoms with Gasteiger partial charge in [-0.2, -0.15) is 15.8 Å². The van der Waals surface area contributed by atoms with Crippen LogP contribution in [0.2, 0.25) is 10.0 Å². The predicted molar refractivity (Wildman–Crippen MR) is 123 cm³/mol. The molecule has 0 amide bonds. The highest BCUT2D eigenvalue weighted by Gasteiger charge is 2.80. The Hall–Kier alpha value is -2.30. The van der Waals surface area contributed by atoms with Crippen molar-refractivity contribution in [1.82, 2.24) is 0 Å². The molecular weight excluding hydrogens is 459 g/mol. The molecule has 6 nitrogen and oxygen atoms in total. The third kappa shape index (κ3) is 3.41. The van der Waals surface area contributed by atoms with E-state index in [2.05, 4.69) is 18.2 Å². The SMILES string of the molecule is N#CC1(C#N)C(c2cccc(Cl)c2Cl)OC23CCCCCCCCCCC2C1(C#N)C(=N)O3. The van der Waals surface area contributed by atoms with E-state index in [0.29, 0.717) is 18.4 Å². The van der Waals surface area contributed by atoms with Crippen molar-refractivity contribution < 1.29 is 9.47 Å². The van der Waals surface area contributed by atoms with Crippen LogP contribution in [0.1, 0.15) is 75.9 Å². The van der Waals surface area contributed by atoms with Gasteiger partial charge in [0.15, 0.2) is 5.41 Å². The molecule has 1 saturated carbocycles. The van der Waals surface area contributed by atoms with Crippen molar-refractivity contribution >= 4 is 29.1 Å².